The Bertz CT molecular complexity index is 872. The van der Waals surface area contributed by atoms with Crippen molar-refractivity contribution in [1.82, 2.24) is 0 Å². The Labute approximate surface area is 161 Å². The van der Waals surface area contributed by atoms with Crippen LogP contribution in [0.15, 0.2) is 42.0 Å². The summed E-state index contributed by atoms with van der Waals surface area (Å²) < 4.78 is 10.7. The van der Waals surface area contributed by atoms with Gasteiger partial charge in [-0.1, -0.05) is 23.2 Å². The number of anilines is 1. The van der Waals surface area contributed by atoms with Crippen molar-refractivity contribution in [2.75, 3.05) is 19.0 Å². The molecule has 0 saturated heterocycles. The molecule has 0 bridgehead atoms. The molecule has 5 nitrogen and oxygen atoms in total. The van der Waals surface area contributed by atoms with E-state index >= 15 is 0 Å². The molecule has 0 radical (unpaired) electrons. The molecule has 0 heterocycles. The first-order valence-corrected chi connectivity index (χ1v) is 8.43. The molecular formula is C19H16Cl2N2O3. The van der Waals surface area contributed by atoms with E-state index in [1.54, 1.807) is 36.4 Å². The van der Waals surface area contributed by atoms with Crippen molar-refractivity contribution in [1.29, 1.82) is 5.26 Å². The molecule has 2 rings (SSSR count). The van der Waals surface area contributed by atoms with Crippen molar-refractivity contribution in [3.63, 3.8) is 0 Å². The molecular weight excluding hydrogens is 375 g/mol. The van der Waals surface area contributed by atoms with Gasteiger partial charge in [-0.15, -0.1) is 0 Å². The van der Waals surface area contributed by atoms with Gasteiger partial charge in [-0.05, 0) is 48.9 Å². The number of hydrogen-bond acceptors (Lipinski definition) is 4. The van der Waals surface area contributed by atoms with Crippen molar-refractivity contribution in [3.8, 4) is 17.6 Å². The van der Waals surface area contributed by atoms with Gasteiger partial charge in [-0.2, -0.15) is 5.26 Å². The van der Waals surface area contributed by atoms with Crippen LogP contribution in [0.25, 0.3) is 6.08 Å². The fourth-order valence-corrected chi connectivity index (χ4v) is 2.46. The Morgan fingerprint density at radius 1 is 1.23 bits per heavy atom. The summed E-state index contributed by atoms with van der Waals surface area (Å²) in [4.78, 5) is 12.3. The molecule has 134 valence electrons. The number of carbonyl (C=O) groups excluding carboxylic acids is 1. The third-order valence-corrected chi connectivity index (χ3v) is 3.93. The zero-order valence-corrected chi connectivity index (χ0v) is 15.7. The second-order valence-electron chi connectivity index (χ2n) is 5.09. The van der Waals surface area contributed by atoms with Crippen molar-refractivity contribution >= 4 is 40.9 Å². The Balaban J connectivity index is 2.31. The molecule has 0 unspecified atom stereocenters. The number of nitriles is 1. The minimum Gasteiger partial charge on any atom is -0.493 e. The largest absolute Gasteiger partial charge is 0.493 e. The van der Waals surface area contributed by atoms with Crippen molar-refractivity contribution in [3.05, 3.63) is 57.6 Å². The van der Waals surface area contributed by atoms with E-state index in [9.17, 15) is 10.1 Å². The molecule has 0 aromatic heterocycles. The summed E-state index contributed by atoms with van der Waals surface area (Å²) >= 11 is 12.1. The summed E-state index contributed by atoms with van der Waals surface area (Å²) in [6.45, 7) is 2.30. The number of nitrogens with one attached hydrogen (secondary N) is 1. The molecule has 7 heteroatoms. The number of nitrogens with zero attached hydrogens (tertiary/aromatic N) is 1. The maximum atomic E-state index is 12.3. The summed E-state index contributed by atoms with van der Waals surface area (Å²) in [5.74, 6) is 0.387. The number of ether oxygens (including phenoxy) is 2. The van der Waals surface area contributed by atoms with Gasteiger partial charge in [0.25, 0.3) is 5.91 Å². The second-order valence-corrected chi connectivity index (χ2v) is 5.93. The van der Waals surface area contributed by atoms with Gasteiger partial charge in [-0.3, -0.25) is 4.79 Å². The summed E-state index contributed by atoms with van der Waals surface area (Å²) in [6.07, 6.45) is 1.39. The highest BCUT2D eigenvalue weighted by atomic mass is 35.5. The van der Waals surface area contributed by atoms with Crippen LogP contribution in [0.1, 0.15) is 12.5 Å². The molecule has 1 N–H and O–H groups in total. The minimum absolute atomic E-state index is 0.104. The molecule has 0 saturated carbocycles. The van der Waals surface area contributed by atoms with Crippen molar-refractivity contribution in [2.24, 2.45) is 0 Å². The number of methoxy groups -OCH3 is 1. The molecule has 0 atom stereocenters. The third kappa shape index (κ3) is 4.92. The number of benzene rings is 2. The lowest BCUT2D eigenvalue weighted by molar-refractivity contribution is -0.112. The van der Waals surface area contributed by atoms with Crippen LogP contribution in [0.3, 0.4) is 0 Å². The summed E-state index contributed by atoms with van der Waals surface area (Å²) in [5, 5.41) is 12.9. The first-order valence-electron chi connectivity index (χ1n) is 7.67. The van der Waals surface area contributed by atoms with E-state index in [0.29, 0.717) is 39.4 Å². The van der Waals surface area contributed by atoms with Gasteiger partial charge in [0.1, 0.15) is 11.6 Å². The van der Waals surface area contributed by atoms with E-state index in [4.69, 9.17) is 32.7 Å². The summed E-state index contributed by atoms with van der Waals surface area (Å²) in [5.41, 5.74) is 0.888. The normalized spacial score (nSPS) is 10.8. The standard InChI is InChI=1S/C19H16Cl2N2O3/c1-3-26-18-10-16(21)12(9-17(18)25-2)8-13(11-22)19(24)23-15-6-4-14(20)5-7-15/h4-10H,3H2,1-2H3,(H,23,24)/b13-8+. The fourth-order valence-electron chi connectivity index (χ4n) is 2.13. The van der Waals surface area contributed by atoms with E-state index in [-0.39, 0.29) is 5.57 Å². The van der Waals surface area contributed by atoms with Gasteiger partial charge in [-0.25, -0.2) is 0 Å². The van der Waals surface area contributed by atoms with Crippen LogP contribution in [0.2, 0.25) is 10.0 Å². The first-order chi connectivity index (χ1) is 12.5. The van der Waals surface area contributed by atoms with E-state index in [1.807, 2.05) is 13.0 Å². The highest BCUT2D eigenvalue weighted by Crippen LogP contribution is 2.34. The van der Waals surface area contributed by atoms with E-state index < -0.39 is 5.91 Å². The van der Waals surface area contributed by atoms with E-state index in [0.717, 1.165) is 0 Å². The number of halogens is 2. The highest BCUT2D eigenvalue weighted by molar-refractivity contribution is 6.32. The molecule has 2 aromatic rings. The Kier molecular flexibility index (Phi) is 6.90. The Morgan fingerprint density at radius 3 is 2.50 bits per heavy atom. The van der Waals surface area contributed by atoms with Gasteiger partial charge in [0.05, 0.1) is 18.7 Å². The Morgan fingerprint density at radius 2 is 1.92 bits per heavy atom. The zero-order chi connectivity index (χ0) is 19.1. The van der Waals surface area contributed by atoms with Gasteiger partial charge in [0.15, 0.2) is 11.5 Å². The van der Waals surface area contributed by atoms with Gasteiger partial charge < -0.3 is 14.8 Å². The summed E-state index contributed by atoms with van der Waals surface area (Å²) in [7, 11) is 1.50. The minimum atomic E-state index is -0.557. The predicted octanol–water partition coefficient (Wildman–Crippen LogP) is 4.95. The van der Waals surface area contributed by atoms with Crippen LogP contribution in [0, 0.1) is 11.3 Å². The molecule has 0 spiro atoms. The van der Waals surface area contributed by atoms with Crippen LogP contribution < -0.4 is 14.8 Å². The van der Waals surface area contributed by atoms with Gasteiger partial charge in [0.2, 0.25) is 0 Å². The van der Waals surface area contributed by atoms with Crippen molar-refractivity contribution < 1.29 is 14.3 Å². The monoisotopic (exact) mass is 390 g/mol. The highest BCUT2D eigenvalue weighted by Gasteiger charge is 2.14. The zero-order valence-electron chi connectivity index (χ0n) is 14.2. The average molecular weight is 391 g/mol. The third-order valence-electron chi connectivity index (χ3n) is 3.35. The Hall–Kier alpha value is -2.68. The average Bonchev–Trinajstić information content (AvgIpc) is 2.63. The topological polar surface area (TPSA) is 71.3 Å². The summed E-state index contributed by atoms with van der Waals surface area (Å²) in [6, 6.07) is 11.6. The van der Waals surface area contributed by atoms with Crippen LogP contribution in [0.4, 0.5) is 5.69 Å². The van der Waals surface area contributed by atoms with Crippen LogP contribution in [0.5, 0.6) is 11.5 Å². The molecule has 0 fully saturated rings. The number of amides is 1. The maximum Gasteiger partial charge on any atom is 0.266 e. The van der Waals surface area contributed by atoms with Crippen LogP contribution in [-0.2, 0) is 4.79 Å². The molecule has 0 aliphatic carbocycles. The van der Waals surface area contributed by atoms with Gasteiger partial charge in [0, 0.05) is 16.8 Å². The number of rotatable bonds is 6. The lowest BCUT2D eigenvalue weighted by Crippen LogP contribution is -2.13. The molecule has 0 aliphatic heterocycles. The van der Waals surface area contributed by atoms with Crippen molar-refractivity contribution in [2.45, 2.75) is 6.92 Å². The quantitative estimate of drug-likeness (QED) is 0.559. The smallest absolute Gasteiger partial charge is 0.266 e. The van der Waals surface area contributed by atoms with E-state index in [2.05, 4.69) is 5.32 Å². The fraction of sp³-hybridized carbons (Fsp3) is 0.158. The molecule has 2 aromatic carbocycles. The van der Waals surface area contributed by atoms with E-state index in [1.165, 1.54) is 13.2 Å². The second kappa shape index (κ2) is 9.14. The molecule has 26 heavy (non-hydrogen) atoms. The lowest BCUT2D eigenvalue weighted by Gasteiger charge is -2.11. The maximum absolute atomic E-state index is 12.3. The molecule has 0 aliphatic rings. The number of carbonyl (C=O) groups is 1. The predicted molar refractivity (Wildman–Crippen MR) is 103 cm³/mol. The molecule has 1 amide bonds. The number of hydrogen-bond donors (Lipinski definition) is 1. The van der Waals surface area contributed by atoms with Crippen LogP contribution in [-0.4, -0.2) is 19.6 Å². The van der Waals surface area contributed by atoms with Gasteiger partial charge >= 0.3 is 0 Å². The SMILES string of the molecule is CCOc1cc(Cl)c(/C=C(\C#N)C(=O)Nc2ccc(Cl)cc2)cc1OC. The van der Waals surface area contributed by atoms with Crippen LogP contribution >= 0.6 is 23.2 Å². The first kappa shape index (κ1) is 19.6. The lowest BCUT2D eigenvalue weighted by atomic mass is 10.1.